The Morgan fingerprint density at radius 2 is 1.90 bits per heavy atom. The highest BCUT2D eigenvalue weighted by atomic mass is 16.3. The highest BCUT2D eigenvalue weighted by molar-refractivity contribution is 5.74. The topological polar surface area (TPSA) is 59.1 Å². The molecule has 6 heteroatoms. The summed E-state index contributed by atoms with van der Waals surface area (Å²) in [6.45, 7) is 12.3. The van der Waals surface area contributed by atoms with Gasteiger partial charge in [-0.05, 0) is 19.9 Å². The van der Waals surface area contributed by atoms with E-state index in [0.29, 0.717) is 31.6 Å². The molecule has 0 aromatic carbocycles. The first kappa shape index (κ1) is 18.2. The van der Waals surface area contributed by atoms with E-state index in [-0.39, 0.29) is 12.6 Å². The molecule has 0 saturated carbocycles. The SMILES string of the molecule is CCN(CCO)C(=O)NCC(C(C)C)N1CCN(C)CC1. The van der Waals surface area contributed by atoms with Gasteiger partial charge in [-0.25, -0.2) is 4.79 Å². The molecule has 0 bridgehead atoms. The quantitative estimate of drug-likeness (QED) is 0.709. The number of carbonyl (C=O) groups is 1. The van der Waals surface area contributed by atoms with Crippen LogP contribution in [0.2, 0.25) is 0 Å². The maximum Gasteiger partial charge on any atom is 0.317 e. The molecule has 0 radical (unpaired) electrons. The molecule has 2 amide bonds. The van der Waals surface area contributed by atoms with E-state index in [0.717, 1.165) is 26.2 Å². The van der Waals surface area contributed by atoms with Crippen molar-refractivity contribution < 1.29 is 9.90 Å². The van der Waals surface area contributed by atoms with E-state index in [4.69, 9.17) is 5.11 Å². The molecule has 2 N–H and O–H groups in total. The maximum atomic E-state index is 12.1. The normalized spacial score (nSPS) is 18.8. The third-order valence-corrected chi connectivity index (χ3v) is 4.28. The zero-order valence-electron chi connectivity index (χ0n) is 14.0. The van der Waals surface area contributed by atoms with Crippen molar-refractivity contribution >= 4 is 6.03 Å². The van der Waals surface area contributed by atoms with Crippen LogP contribution in [0.1, 0.15) is 20.8 Å². The van der Waals surface area contributed by atoms with Crippen molar-refractivity contribution in [3.05, 3.63) is 0 Å². The summed E-state index contributed by atoms with van der Waals surface area (Å²) >= 11 is 0. The maximum absolute atomic E-state index is 12.1. The predicted molar refractivity (Wildman–Crippen MR) is 85.4 cm³/mol. The number of aliphatic hydroxyl groups is 1. The van der Waals surface area contributed by atoms with Gasteiger partial charge in [0.2, 0.25) is 0 Å². The standard InChI is InChI=1S/C15H32N4O2/c1-5-18(10-11-20)15(21)16-12-14(13(2)3)19-8-6-17(4)7-9-19/h13-14,20H,5-12H2,1-4H3,(H,16,21). The van der Waals surface area contributed by atoms with Gasteiger partial charge in [0, 0.05) is 51.9 Å². The molecular weight excluding hydrogens is 268 g/mol. The van der Waals surface area contributed by atoms with Crippen LogP contribution in [0.5, 0.6) is 0 Å². The van der Waals surface area contributed by atoms with Gasteiger partial charge in [-0.2, -0.15) is 0 Å². The van der Waals surface area contributed by atoms with Crippen molar-refractivity contribution in [1.82, 2.24) is 20.0 Å². The summed E-state index contributed by atoms with van der Waals surface area (Å²) in [5.41, 5.74) is 0. The number of hydrogen-bond donors (Lipinski definition) is 2. The lowest BCUT2D eigenvalue weighted by molar-refractivity contribution is 0.0873. The van der Waals surface area contributed by atoms with Crippen LogP contribution >= 0.6 is 0 Å². The van der Waals surface area contributed by atoms with Crippen LogP contribution in [0.3, 0.4) is 0 Å². The molecule has 1 aliphatic heterocycles. The van der Waals surface area contributed by atoms with Crippen LogP contribution < -0.4 is 5.32 Å². The number of amides is 2. The summed E-state index contributed by atoms with van der Waals surface area (Å²) in [7, 11) is 2.15. The largest absolute Gasteiger partial charge is 0.395 e. The molecule has 124 valence electrons. The number of likely N-dealkylation sites (N-methyl/N-ethyl adjacent to an activating group) is 2. The Morgan fingerprint density at radius 1 is 1.29 bits per heavy atom. The fourth-order valence-electron chi connectivity index (χ4n) is 2.77. The Bertz CT molecular complexity index is 304. The van der Waals surface area contributed by atoms with Gasteiger partial charge in [0.15, 0.2) is 0 Å². The first-order valence-corrected chi connectivity index (χ1v) is 8.05. The molecule has 1 aliphatic rings. The van der Waals surface area contributed by atoms with E-state index in [1.165, 1.54) is 0 Å². The van der Waals surface area contributed by atoms with E-state index in [2.05, 4.69) is 36.0 Å². The third kappa shape index (κ3) is 5.80. The Hall–Kier alpha value is -0.850. The molecule has 0 spiro atoms. The minimum absolute atomic E-state index is 0.00727. The first-order chi connectivity index (χ1) is 9.99. The third-order valence-electron chi connectivity index (χ3n) is 4.28. The second kappa shape index (κ2) is 9.23. The average molecular weight is 300 g/mol. The molecule has 6 nitrogen and oxygen atoms in total. The fourth-order valence-corrected chi connectivity index (χ4v) is 2.77. The number of hydrogen-bond acceptors (Lipinski definition) is 4. The summed E-state index contributed by atoms with van der Waals surface area (Å²) in [5, 5.41) is 12.0. The molecule has 1 fully saturated rings. The smallest absolute Gasteiger partial charge is 0.317 e. The zero-order chi connectivity index (χ0) is 15.8. The molecule has 1 rings (SSSR count). The molecule has 0 aromatic heterocycles. The summed E-state index contributed by atoms with van der Waals surface area (Å²) in [6, 6.07) is 0.293. The number of carbonyl (C=O) groups excluding carboxylic acids is 1. The molecule has 1 unspecified atom stereocenters. The van der Waals surface area contributed by atoms with Gasteiger partial charge >= 0.3 is 6.03 Å². The molecule has 0 aliphatic carbocycles. The Labute approximate surface area is 129 Å². The summed E-state index contributed by atoms with van der Waals surface area (Å²) in [6.07, 6.45) is 0. The molecule has 1 atom stereocenters. The van der Waals surface area contributed by atoms with E-state index in [1.54, 1.807) is 4.90 Å². The van der Waals surface area contributed by atoms with Crippen LogP contribution in [-0.4, -0.2) is 91.3 Å². The predicted octanol–water partition coefficient (Wildman–Crippen LogP) is 0.282. The van der Waals surface area contributed by atoms with Crippen LogP contribution in [0, 0.1) is 5.92 Å². The lowest BCUT2D eigenvalue weighted by atomic mass is 10.0. The van der Waals surface area contributed by atoms with Crippen molar-refractivity contribution in [3.63, 3.8) is 0 Å². The highest BCUT2D eigenvalue weighted by Gasteiger charge is 2.25. The van der Waals surface area contributed by atoms with Gasteiger partial charge in [0.05, 0.1) is 6.61 Å². The minimum Gasteiger partial charge on any atom is -0.395 e. The van der Waals surface area contributed by atoms with Crippen molar-refractivity contribution in [3.8, 4) is 0 Å². The van der Waals surface area contributed by atoms with Gasteiger partial charge < -0.3 is 20.2 Å². The van der Waals surface area contributed by atoms with Gasteiger partial charge in [0.25, 0.3) is 0 Å². The van der Waals surface area contributed by atoms with Crippen molar-refractivity contribution in [1.29, 1.82) is 0 Å². The average Bonchev–Trinajstić information content (AvgIpc) is 2.46. The fraction of sp³-hybridized carbons (Fsp3) is 0.933. The Kier molecular flexibility index (Phi) is 8.00. The van der Waals surface area contributed by atoms with E-state index < -0.39 is 0 Å². The Balaban J connectivity index is 2.49. The van der Waals surface area contributed by atoms with Gasteiger partial charge in [-0.15, -0.1) is 0 Å². The van der Waals surface area contributed by atoms with Crippen LogP contribution in [0.4, 0.5) is 4.79 Å². The molecule has 21 heavy (non-hydrogen) atoms. The van der Waals surface area contributed by atoms with Crippen molar-refractivity contribution in [2.45, 2.75) is 26.8 Å². The number of rotatable bonds is 7. The molecular formula is C15H32N4O2. The number of nitrogens with one attached hydrogen (secondary N) is 1. The number of nitrogens with zero attached hydrogens (tertiary/aromatic N) is 3. The second-order valence-corrected chi connectivity index (χ2v) is 6.14. The van der Waals surface area contributed by atoms with Crippen LogP contribution in [0.25, 0.3) is 0 Å². The molecule has 0 aromatic rings. The van der Waals surface area contributed by atoms with Gasteiger partial charge in [-0.3, -0.25) is 4.90 Å². The lowest BCUT2D eigenvalue weighted by Crippen LogP contribution is -2.55. The van der Waals surface area contributed by atoms with E-state index in [9.17, 15) is 4.79 Å². The van der Waals surface area contributed by atoms with Gasteiger partial charge in [-0.1, -0.05) is 13.8 Å². The number of urea groups is 1. The van der Waals surface area contributed by atoms with Crippen molar-refractivity contribution in [2.75, 3.05) is 59.5 Å². The number of piperazine rings is 1. The zero-order valence-corrected chi connectivity index (χ0v) is 14.0. The minimum atomic E-state index is -0.0775. The first-order valence-electron chi connectivity index (χ1n) is 8.05. The molecule has 1 saturated heterocycles. The van der Waals surface area contributed by atoms with Gasteiger partial charge in [0.1, 0.15) is 0 Å². The lowest BCUT2D eigenvalue weighted by Gasteiger charge is -2.40. The van der Waals surface area contributed by atoms with Crippen molar-refractivity contribution in [2.24, 2.45) is 5.92 Å². The van der Waals surface area contributed by atoms with E-state index >= 15 is 0 Å². The Morgan fingerprint density at radius 3 is 2.38 bits per heavy atom. The van der Waals surface area contributed by atoms with Crippen LogP contribution in [0.15, 0.2) is 0 Å². The summed E-state index contributed by atoms with van der Waals surface area (Å²) in [5.74, 6) is 0.502. The second-order valence-electron chi connectivity index (χ2n) is 6.14. The van der Waals surface area contributed by atoms with E-state index in [1.807, 2.05) is 6.92 Å². The summed E-state index contributed by atoms with van der Waals surface area (Å²) in [4.78, 5) is 18.6. The summed E-state index contributed by atoms with van der Waals surface area (Å²) < 4.78 is 0. The molecule has 1 heterocycles. The highest BCUT2D eigenvalue weighted by Crippen LogP contribution is 2.13. The monoisotopic (exact) mass is 300 g/mol. The number of aliphatic hydroxyl groups excluding tert-OH is 1. The van der Waals surface area contributed by atoms with Crippen LogP contribution in [-0.2, 0) is 0 Å².